The zero-order chi connectivity index (χ0) is 27.4. The van der Waals surface area contributed by atoms with Gasteiger partial charge in [-0.15, -0.1) is 0 Å². The van der Waals surface area contributed by atoms with E-state index in [1.54, 1.807) is 24.3 Å². The zero-order valence-corrected chi connectivity index (χ0v) is 22.9. The highest BCUT2D eigenvalue weighted by molar-refractivity contribution is 7.90. The first-order chi connectivity index (χ1) is 17.9. The third-order valence-electron chi connectivity index (χ3n) is 7.22. The molecule has 1 aliphatic rings. The van der Waals surface area contributed by atoms with E-state index in [0.717, 1.165) is 29.8 Å². The number of anilines is 1. The Labute approximate surface area is 221 Å². The van der Waals surface area contributed by atoms with Gasteiger partial charge in [0.05, 0.1) is 33.2 Å². The second-order valence-electron chi connectivity index (χ2n) is 10.4. The zero-order valence-electron chi connectivity index (χ0n) is 22.1. The number of hydrogen-bond donors (Lipinski definition) is 2. The molecule has 0 spiro atoms. The number of sulfone groups is 1. The summed E-state index contributed by atoms with van der Waals surface area (Å²) in [7, 11) is -3.83. The minimum absolute atomic E-state index is 0.0285. The Morgan fingerprint density at radius 2 is 1.84 bits per heavy atom. The predicted octanol–water partition coefficient (Wildman–Crippen LogP) is 4.36. The molecule has 1 unspecified atom stereocenters. The summed E-state index contributed by atoms with van der Waals surface area (Å²) in [4.78, 5) is 32.0. The normalized spacial score (nSPS) is 15.8. The molecule has 4 aromatic rings. The molecule has 0 saturated carbocycles. The summed E-state index contributed by atoms with van der Waals surface area (Å²) in [5.74, 6) is 0.186. The van der Waals surface area contributed by atoms with Gasteiger partial charge in [-0.3, -0.25) is 9.59 Å². The number of nitrogens with one attached hydrogen (secondary N) is 2. The Bertz CT molecular complexity index is 1760. The van der Waals surface area contributed by atoms with Gasteiger partial charge in [0.15, 0.2) is 15.3 Å². The Morgan fingerprint density at radius 1 is 1.11 bits per heavy atom. The second-order valence-corrected chi connectivity index (χ2v) is 12.4. The largest absolute Gasteiger partial charge is 0.489 e. The molecule has 2 N–H and O–H groups in total. The van der Waals surface area contributed by atoms with Crippen LogP contribution in [0.2, 0.25) is 0 Å². The number of ether oxygens (including phenoxy) is 1. The molecule has 1 aromatic heterocycles. The number of benzene rings is 3. The lowest BCUT2D eigenvalue weighted by Crippen LogP contribution is -2.43. The fraction of sp³-hybridized carbons (Fsp3) is 0.310. The highest BCUT2D eigenvalue weighted by Crippen LogP contribution is 2.37. The molecular weight excluding hydrogens is 502 g/mol. The van der Waals surface area contributed by atoms with E-state index in [-0.39, 0.29) is 27.3 Å². The van der Waals surface area contributed by atoms with E-state index in [9.17, 15) is 18.0 Å². The number of H-pyrrole nitrogens is 1. The lowest BCUT2D eigenvalue weighted by molar-refractivity contribution is 0.0908. The lowest BCUT2D eigenvalue weighted by Gasteiger charge is -2.37. The maximum absolute atomic E-state index is 13.6. The van der Waals surface area contributed by atoms with Gasteiger partial charge in [-0.2, -0.15) is 0 Å². The molecule has 38 heavy (non-hydrogen) atoms. The van der Waals surface area contributed by atoms with Crippen LogP contribution >= 0.6 is 0 Å². The third kappa shape index (κ3) is 4.41. The minimum Gasteiger partial charge on any atom is -0.489 e. The summed E-state index contributed by atoms with van der Waals surface area (Å²) in [5, 5.41) is 3.65. The first-order valence-corrected chi connectivity index (χ1v) is 14.4. The van der Waals surface area contributed by atoms with Crippen LogP contribution in [0, 0.1) is 0 Å². The summed E-state index contributed by atoms with van der Waals surface area (Å²) in [6, 6.07) is 15.9. The predicted molar refractivity (Wildman–Crippen MR) is 150 cm³/mol. The summed E-state index contributed by atoms with van der Waals surface area (Å²) in [6.07, 6.45) is 1.03. The van der Waals surface area contributed by atoms with E-state index in [0.29, 0.717) is 23.0 Å². The molecule has 9 heteroatoms. The van der Waals surface area contributed by atoms with E-state index in [1.165, 1.54) is 12.1 Å². The van der Waals surface area contributed by atoms with E-state index < -0.39 is 21.3 Å². The topological polar surface area (TPSA) is 109 Å². The van der Waals surface area contributed by atoms with Crippen molar-refractivity contribution in [1.82, 2.24) is 10.3 Å². The van der Waals surface area contributed by atoms with Gasteiger partial charge in [-0.1, -0.05) is 18.2 Å². The Kier molecular flexibility index (Phi) is 6.22. The van der Waals surface area contributed by atoms with Crippen LogP contribution in [0.4, 0.5) is 5.69 Å². The van der Waals surface area contributed by atoms with Crippen LogP contribution in [0.5, 0.6) is 5.75 Å². The number of likely N-dealkylation sites (N-methyl/N-ethyl adjacent to an activating group) is 1. The number of fused-ring (bicyclic) bond motifs is 3. The van der Waals surface area contributed by atoms with Gasteiger partial charge in [0.2, 0.25) is 0 Å². The number of rotatable bonds is 5. The van der Waals surface area contributed by atoms with Crippen LogP contribution in [-0.2, 0) is 15.4 Å². The van der Waals surface area contributed by atoms with Gasteiger partial charge in [0.1, 0.15) is 12.4 Å². The molecular formula is C29H31N3O5S. The quantitative estimate of drug-likeness (QED) is 0.369. The Hall–Kier alpha value is -3.85. The molecule has 198 valence electrons. The van der Waals surface area contributed by atoms with Crippen molar-refractivity contribution in [2.75, 3.05) is 24.3 Å². The van der Waals surface area contributed by atoms with Gasteiger partial charge in [-0.05, 0) is 69.7 Å². The molecule has 3 aromatic carbocycles. The molecule has 1 amide bonds. The summed E-state index contributed by atoms with van der Waals surface area (Å²) < 4.78 is 31.5. The molecule has 0 fully saturated rings. The van der Waals surface area contributed by atoms with Crippen molar-refractivity contribution in [3.05, 3.63) is 75.9 Å². The minimum atomic E-state index is -3.83. The van der Waals surface area contributed by atoms with Crippen LogP contribution in [0.15, 0.2) is 64.3 Å². The van der Waals surface area contributed by atoms with Crippen molar-refractivity contribution in [2.24, 2.45) is 0 Å². The number of aromatic amines is 1. The monoisotopic (exact) mass is 533 g/mol. The number of aromatic nitrogens is 1. The lowest BCUT2D eigenvalue weighted by atomic mass is 9.92. The van der Waals surface area contributed by atoms with Crippen molar-refractivity contribution in [3.8, 4) is 5.75 Å². The first kappa shape index (κ1) is 25.8. The van der Waals surface area contributed by atoms with Gasteiger partial charge < -0.3 is 19.9 Å². The van der Waals surface area contributed by atoms with Crippen LogP contribution in [0.1, 0.15) is 43.6 Å². The number of carbonyl (C=O) groups is 1. The SMILES string of the molecule is CCN1c2ccc(C(C)(C)NC(=O)c3cc4[nH]c5ccccc5c(=O)c4cc3S(C)(=O)=O)cc2OCC1C. The number of nitrogens with zero attached hydrogens (tertiary/aromatic N) is 1. The number of hydrogen-bond acceptors (Lipinski definition) is 6. The van der Waals surface area contributed by atoms with Gasteiger partial charge in [0, 0.05) is 29.1 Å². The molecule has 0 saturated heterocycles. The number of pyridine rings is 1. The average Bonchev–Trinajstić information content (AvgIpc) is 2.87. The van der Waals surface area contributed by atoms with Crippen molar-refractivity contribution < 1.29 is 17.9 Å². The van der Waals surface area contributed by atoms with Gasteiger partial charge in [0.25, 0.3) is 5.91 Å². The van der Waals surface area contributed by atoms with Crippen LogP contribution in [0.25, 0.3) is 21.8 Å². The van der Waals surface area contributed by atoms with Crippen LogP contribution < -0.4 is 20.4 Å². The van der Waals surface area contributed by atoms with Crippen LogP contribution in [0.3, 0.4) is 0 Å². The fourth-order valence-corrected chi connectivity index (χ4v) is 6.02. The Morgan fingerprint density at radius 3 is 2.55 bits per heavy atom. The summed E-state index contributed by atoms with van der Waals surface area (Å²) in [6.45, 7) is 9.34. The first-order valence-electron chi connectivity index (χ1n) is 12.6. The maximum atomic E-state index is 13.6. The molecule has 0 bridgehead atoms. The molecule has 8 nitrogen and oxygen atoms in total. The van der Waals surface area contributed by atoms with E-state index >= 15 is 0 Å². The average molecular weight is 534 g/mol. The highest BCUT2D eigenvalue weighted by Gasteiger charge is 2.30. The number of para-hydroxylation sites is 1. The molecule has 0 radical (unpaired) electrons. The number of carbonyl (C=O) groups excluding carboxylic acids is 1. The maximum Gasteiger partial charge on any atom is 0.253 e. The molecule has 2 heterocycles. The standard InChI is InChI=1S/C29H31N3O5S/c1-6-32-17(2)16-37-25-13-18(11-12-24(25)32)29(3,4)31-28(34)21-14-23-20(15-26(21)38(5,35)36)27(33)19-9-7-8-10-22(19)30-23/h7-15,17H,6,16H2,1-5H3,(H,30,33)(H,31,34). The van der Waals surface area contributed by atoms with Crippen molar-refractivity contribution >= 4 is 43.2 Å². The van der Waals surface area contributed by atoms with E-state index in [4.69, 9.17) is 4.74 Å². The highest BCUT2D eigenvalue weighted by atomic mass is 32.2. The van der Waals surface area contributed by atoms with Crippen LogP contribution in [-0.4, -0.2) is 44.8 Å². The smallest absolute Gasteiger partial charge is 0.253 e. The summed E-state index contributed by atoms with van der Waals surface area (Å²) in [5.41, 5.74) is 1.64. The fourth-order valence-electron chi connectivity index (χ4n) is 5.13. The van der Waals surface area contributed by atoms with Gasteiger partial charge >= 0.3 is 0 Å². The van der Waals surface area contributed by atoms with Gasteiger partial charge in [-0.25, -0.2) is 8.42 Å². The molecule has 1 atom stereocenters. The number of amides is 1. The summed E-state index contributed by atoms with van der Waals surface area (Å²) >= 11 is 0. The Balaban J connectivity index is 1.56. The molecule has 1 aliphatic heterocycles. The third-order valence-corrected chi connectivity index (χ3v) is 8.36. The molecule has 5 rings (SSSR count). The van der Waals surface area contributed by atoms with Crippen molar-refractivity contribution in [1.29, 1.82) is 0 Å². The van der Waals surface area contributed by atoms with Crippen molar-refractivity contribution in [2.45, 2.75) is 44.2 Å². The van der Waals surface area contributed by atoms with Crippen molar-refractivity contribution in [3.63, 3.8) is 0 Å². The van der Waals surface area contributed by atoms with E-state index in [2.05, 4.69) is 29.0 Å². The molecule has 0 aliphatic carbocycles. The second kappa shape index (κ2) is 9.16. The van der Waals surface area contributed by atoms with E-state index in [1.807, 2.05) is 32.0 Å².